The van der Waals surface area contributed by atoms with E-state index in [9.17, 15) is 9.90 Å². The number of hydrogen-bond donors (Lipinski definition) is 1. The maximum Gasteiger partial charge on any atom is 0.129 e. The normalized spacial score (nSPS) is 22.2. The highest BCUT2D eigenvalue weighted by molar-refractivity contribution is 5.75. The molecule has 1 N–H and O–H groups in total. The van der Waals surface area contributed by atoms with Crippen LogP contribution in [0.3, 0.4) is 0 Å². The standard InChI is InChI=1S/C15H20O3/c1-10-8-13(17)9-12-5-7-15(3,18-14(10)12)6-4-11(2)16/h8-9,17H,4-7H2,1-3H3. The van der Waals surface area contributed by atoms with Crippen LogP contribution < -0.4 is 4.74 Å². The largest absolute Gasteiger partial charge is 0.508 e. The fourth-order valence-electron chi connectivity index (χ4n) is 2.47. The van der Waals surface area contributed by atoms with Gasteiger partial charge in [0.1, 0.15) is 22.9 Å². The lowest BCUT2D eigenvalue weighted by Crippen LogP contribution is -2.37. The van der Waals surface area contributed by atoms with Gasteiger partial charge in [0.05, 0.1) is 0 Å². The summed E-state index contributed by atoms with van der Waals surface area (Å²) in [6.45, 7) is 5.61. The highest BCUT2D eigenvalue weighted by atomic mass is 16.5. The van der Waals surface area contributed by atoms with Gasteiger partial charge in [0.2, 0.25) is 0 Å². The summed E-state index contributed by atoms with van der Waals surface area (Å²) in [4.78, 5) is 11.1. The van der Waals surface area contributed by atoms with E-state index < -0.39 is 0 Å². The summed E-state index contributed by atoms with van der Waals surface area (Å²) in [5, 5.41) is 9.58. The summed E-state index contributed by atoms with van der Waals surface area (Å²) in [6.07, 6.45) is 3.08. The Morgan fingerprint density at radius 3 is 2.89 bits per heavy atom. The van der Waals surface area contributed by atoms with Gasteiger partial charge >= 0.3 is 0 Å². The van der Waals surface area contributed by atoms with Crippen molar-refractivity contribution < 1.29 is 14.6 Å². The van der Waals surface area contributed by atoms with Gasteiger partial charge in [0.15, 0.2) is 0 Å². The van der Waals surface area contributed by atoms with E-state index in [4.69, 9.17) is 4.74 Å². The van der Waals surface area contributed by atoms with Crippen molar-refractivity contribution in [1.82, 2.24) is 0 Å². The van der Waals surface area contributed by atoms with Gasteiger partial charge in [0, 0.05) is 6.42 Å². The molecule has 0 aliphatic carbocycles. The van der Waals surface area contributed by atoms with Gasteiger partial charge in [-0.1, -0.05) is 0 Å². The van der Waals surface area contributed by atoms with E-state index in [1.165, 1.54) is 0 Å². The highest BCUT2D eigenvalue weighted by Gasteiger charge is 2.32. The number of hydrogen-bond acceptors (Lipinski definition) is 3. The van der Waals surface area contributed by atoms with Gasteiger partial charge < -0.3 is 14.6 Å². The number of benzene rings is 1. The molecule has 2 rings (SSSR count). The van der Waals surface area contributed by atoms with Gasteiger partial charge in [0.25, 0.3) is 0 Å². The highest BCUT2D eigenvalue weighted by Crippen LogP contribution is 2.39. The molecule has 0 spiro atoms. The maximum atomic E-state index is 11.1. The van der Waals surface area contributed by atoms with Crippen molar-refractivity contribution >= 4 is 5.78 Å². The molecule has 0 fully saturated rings. The van der Waals surface area contributed by atoms with E-state index in [2.05, 4.69) is 6.92 Å². The molecule has 18 heavy (non-hydrogen) atoms. The van der Waals surface area contributed by atoms with Crippen LogP contribution in [0.2, 0.25) is 0 Å². The van der Waals surface area contributed by atoms with Crippen LogP contribution in [-0.2, 0) is 11.2 Å². The van der Waals surface area contributed by atoms with Crippen LogP contribution in [-0.4, -0.2) is 16.5 Å². The molecule has 1 aliphatic rings. The van der Waals surface area contributed by atoms with E-state index >= 15 is 0 Å². The Bertz CT molecular complexity index is 479. The Hall–Kier alpha value is -1.51. The number of rotatable bonds is 3. The Morgan fingerprint density at radius 1 is 1.50 bits per heavy atom. The number of ether oxygens (including phenoxy) is 1. The molecule has 0 saturated carbocycles. The molecule has 1 aromatic carbocycles. The first-order chi connectivity index (χ1) is 8.39. The van der Waals surface area contributed by atoms with Gasteiger partial charge in [-0.3, -0.25) is 0 Å². The number of carbonyl (C=O) groups excluding carboxylic acids is 1. The topological polar surface area (TPSA) is 46.5 Å². The number of phenolic OH excluding ortho intramolecular Hbond substituents is 1. The van der Waals surface area contributed by atoms with Gasteiger partial charge in [-0.2, -0.15) is 0 Å². The zero-order valence-electron chi connectivity index (χ0n) is 11.2. The number of phenols is 1. The number of fused-ring (bicyclic) bond motifs is 1. The molecule has 1 unspecified atom stereocenters. The van der Waals surface area contributed by atoms with Crippen molar-refractivity contribution in [3.8, 4) is 11.5 Å². The minimum absolute atomic E-state index is 0.202. The van der Waals surface area contributed by atoms with Crippen molar-refractivity contribution in [2.45, 2.75) is 52.1 Å². The predicted molar refractivity (Wildman–Crippen MR) is 70.1 cm³/mol. The Labute approximate surface area is 108 Å². The van der Waals surface area contributed by atoms with Gasteiger partial charge in [-0.05, 0) is 63.3 Å². The molecule has 0 aromatic heterocycles. The second kappa shape index (κ2) is 4.63. The summed E-state index contributed by atoms with van der Waals surface area (Å²) < 4.78 is 6.09. The first-order valence-electron chi connectivity index (χ1n) is 6.40. The predicted octanol–water partition coefficient (Wildman–Crippen LogP) is 3.15. The van der Waals surface area contributed by atoms with Crippen LogP contribution in [0, 0.1) is 6.92 Å². The summed E-state index contributed by atoms with van der Waals surface area (Å²) in [5.74, 6) is 1.38. The minimum Gasteiger partial charge on any atom is -0.508 e. The van der Waals surface area contributed by atoms with Crippen molar-refractivity contribution in [2.24, 2.45) is 0 Å². The van der Waals surface area contributed by atoms with E-state index in [1.807, 2.05) is 6.92 Å². The van der Waals surface area contributed by atoms with Crippen LogP contribution in [0.15, 0.2) is 12.1 Å². The Kier molecular flexibility index (Phi) is 3.33. The number of Topliss-reactive ketones (excluding diaryl/α,β-unsaturated/α-hetero) is 1. The van der Waals surface area contributed by atoms with E-state index in [0.717, 1.165) is 36.1 Å². The second-order valence-corrected chi connectivity index (χ2v) is 5.50. The summed E-state index contributed by atoms with van der Waals surface area (Å²) in [6, 6.07) is 3.49. The average Bonchev–Trinajstić information content (AvgIpc) is 2.28. The van der Waals surface area contributed by atoms with Crippen LogP contribution >= 0.6 is 0 Å². The number of aryl methyl sites for hydroxylation is 2. The van der Waals surface area contributed by atoms with Gasteiger partial charge in [-0.15, -0.1) is 0 Å². The lowest BCUT2D eigenvalue weighted by atomic mass is 9.87. The van der Waals surface area contributed by atoms with Crippen LogP contribution in [0.4, 0.5) is 0 Å². The molecule has 0 radical (unpaired) electrons. The lowest BCUT2D eigenvalue weighted by molar-refractivity contribution is -0.118. The Morgan fingerprint density at radius 2 is 2.22 bits per heavy atom. The molecule has 0 amide bonds. The molecule has 0 bridgehead atoms. The summed E-state index contributed by atoms with van der Waals surface area (Å²) in [5.41, 5.74) is 1.76. The molecule has 1 heterocycles. The van der Waals surface area contributed by atoms with Crippen molar-refractivity contribution in [1.29, 1.82) is 0 Å². The minimum atomic E-state index is -0.263. The van der Waals surface area contributed by atoms with Crippen LogP contribution in [0.25, 0.3) is 0 Å². The molecular formula is C15H20O3. The maximum absolute atomic E-state index is 11.1. The summed E-state index contributed by atoms with van der Waals surface area (Å²) >= 11 is 0. The van der Waals surface area contributed by atoms with Crippen LogP contribution in [0.5, 0.6) is 11.5 Å². The Balaban J connectivity index is 2.21. The van der Waals surface area contributed by atoms with Crippen molar-refractivity contribution in [2.75, 3.05) is 0 Å². The lowest BCUT2D eigenvalue weighted by Gasteiger charge is -2.36. The molecule has 1 aromatic rings. The van der Waals surface area contributed by atoms with Gasteiger partial charge in [-0.25, -0.2) is 0 Å². The van der Waals surface area contributed by atoms with Crippen LogP contribution in [0.1, 0.15) is 44.2 Å². The van der Waals surface area contributed by atoms with Crippen molar-refractivity contribution in [3.63, 3.8) is 0 Å². The smallest absolute Gasteiger partial charge is 0.129 e. The second-order valence-electron chi connectivity index (χ2n) is 5.50. The van der Waals surface area contributed by atoms with Crippen molar-refractivity contribution in [3.05, 3.63) is 23.3 Å². The van der Waals surface area contributed by atoms with E-state index in [-0.39, 0.29) is 11.4 Å². The number of aromatic hydroxyl groups is 1. The third-order valence-electron chi connectivity index (χ3n) is 3.61. The number of carbonyl (C=O) groups is 1. The third kappa shape index (κ3) is 2.66. The molecule has 98 valence electrons. The molecule has 3 nitrogen and oxygen atoms in total. The monoisotopic (exact) mass is 248 g/mol. The quantitative estimate of drug-likeness (QED) is 0.893. The zero-order valence-corrected chi connectivity index (χ0v) is 11.2. The summed E-state index contributed by atoms with van der Waals surface area (Å²) in [7, 11) is 0. The SMILES string of the molecule is CC(=O)CCC1(C)CCc2cc(O)cc(C)c2O1. The fraction of sp³-hybridized carbons (Fsp3) is 0.533. The zero-order chi connectivity index (χ0) is 13.3. The van der Waals surface area contributed by atoms with E-state index in [1.54, 1.807) is 19.1 Å². The average molecular weight is 248 g/mol. The van der Waals surface area contributed by atoms with E-state index in [0.29, 0.717) is 12.2 Å². The molecule has 3 heteroatoms. The number of ketones is 1. The molecular weight excluding hydrogens is 228 g/mol. The first kappa shape index (κ1) is 12.9. The molecule has 1 atom stereocenters. The molecule has 0 saturated heterocycles. The third-order valence-corrected chi connectivity index (χ3v) is 3.61. The first-order valence-corrected chi connectivity index (χ1v) is 6.40. The fourth-order valence-corrected chi connectivity index (χ4v) is 2.47. The molecule has 1 aliphatic heterocycles.